The molecule has 0 bridgehead atoms. The van der Waals surface area contributed by atoms with Gasteiger partial charge < -0.3 is 9.13 Å². The summed E-state index contributed by atoms with van der Waals surface area (Å²) >= 11 is 0. The van der Waals surface area contributed by atoms with Crippen LogP contribution in [0.4, 0.5) is 23.0 Å². The highest BCUT2D eigenvalue weighted by Crippen LogP contribution is 2.38. The van der Waals surface area contributed by atoms with Gasteiger partial charge in [-0.3, -0.25) is 28.8 Å². The lowest BCUT2D eigenvalue weighted by Crippen LogP contribution is -2.29. The Morgan fingerprint density at radius 2 is 0.778 bits per heavy atom. The van der Waals surface area contributed by atoms with Gasteiger partial charge in [0.25, 0.3) is 31.4 Å². The first-order chi connectivity index (χ1) is 34.8. The average molecular weight is 999 g/mol. The molecule has 0 unspecified atom stereocenters. The molecule has 4 heterocycles. The number of nitrogens with zero attached hydrogens (tertiary/aromatic N) is 10. The Labute approximate surface area is 413 Å². The zero-order chi connectivity index (χ0) is 50.6. The van der Waals surface area contributed by atoms with Gasteiger partial charge in [0.1, 0.15) is 35.6 Å². The van der Waals surface area contributed by atoms with E-state index < -0.39 is 41.3 Å². The predicted octanol–water partition coefficient (Wildman–Crippen LogP) is 9.76. The molecule has 0 fully saturated rings. The van der Waals surface area contributed by atoms with Crippen molar-refractivity contribution in [3.8, 4) is 22.5 Å². The van der Waals surface area contributed by atoms with E-state index in [0.717, 1.165) is 30.9 Å². The lowest BCUT2D eigenvalue weighted by molar-refractivity contribution is -0.388. The largest absolute Gasteiger partial charge is 0.307 e. The Balaban J connectivity index is 0.000000178. The van der Waals surface area contributed by atoms with Crippen molar-refractivity contribution in [3.63, 3.8) is 0 Å². The molecule has 0 saturated heterocycles. The third kappa shape index (κ3) is 9.33. The summed E-state index contributed by atoms with van der Waals surface area (Å²) in [6, 6.07) is 52.3. The summed E-state index contributed by atoms with van der Waals surface area (Å²) < 4.78 is 60.4. The summed E-state index contributed by atoms with van der Waals surface area (Å²) in [6.45, 7) is 0.670. The van der Waals surface area contributed by atoms with Crippen molar-refractivity contribution in [1.29, 1.82) is 0 Å². The third-order valence-electron chi connectivity index (χ3n) is 11.8. The molecule has 18 nitrogen and oxygen atoms in total. The van der Waals surface area contributed by atoms with Crippen LogP contribution in [-0.2, 0) is 33.1 Å². The van der Waals surface area contributed by atoms with Crippen molar-refractivity contribution in [2.75, 3.05) is 22.7 Å². The Morgan fingerprint density at radius 3 is 1.12 bits per heavy atom. The number of hydrogen-bond acceptors (Lipinski definition) is 12. The Hall–Kier alpha value is -9.14. The number of benzene rings is 6. The molecule has 20 heteroatoms. The zero-order valence-electron chi connectivity index (χ0n) is 38.4. The normalized spacial score (nSPS) is 11.5. The standard InChI is InChI=1S/2C26H21N5O4S/c2*1-29(36(34,35)23-15-9-8-14-22(23)31(32)33)24-16-21-25(20-12-6-3-7-13-20)27-18-28-26(21)30(24)17-19-10-4-2-5-11-19/h2*2-16,18H,17H2,1H3. The van der Waals surface area contributed by atoms with E-state index in [2.05, 4.69) is 19.9 Å². The monoisotopic (exact) mass is 998 g/mol. The number of para-hydroxylation sites is 2. The van der Waals surface area contributed by atoms with Gasteiger partial charge in [0.2, 0.25) is 0 Å². The summed E-state index contributed by atoms with van der Waals surface area (Å²) in [5, 5.41) is 24.5. The summed E-state index contributed by atoms with van der Waals surface area (Å²) in [5.74, 6) is 0.620. The first kappa shape index (κ1) is 47.9. The Kier molecular flexibility index (Phi) is 13.4. The van der Waals surface area contributed by atoms with Crippen molar-refractivity contribution in [3.05, 3.63) is 226 Å². The van der Waals surface area contributed by atoms with Crippen LogP contribution in [0, 0.1) is 20.2 Å². The molecule has 360 valence electrons. The van der Waals surface area contributed by atoms with Gasteiger partial charge in [-0.15, -0.1) is 0 Å². The number of fused-ring (bicyclic) bond motifs is 2. The van der Waals surface area contributed by atoms with Crippen LogP contribution in [-0.4, -0.2) is 69.8 Å². The highest BCUT2D eigenvalue weighted by molar-refractivity contribution is 7.93. The van der Waals surface area contributed by atoms with E-state index in [1.807, 2.05) is 121 Å². The summed E-state index contributed by atoms with van der Waals surface area (Å²) in [5.41, 5.74) is 5.03. The van der Waals surface area contributed by atoms with Crippen LogP contribution in [0.15, 0.2) is 204 Å². The lowest BCUT2D eigenvalue weighted by atomic mass is 10.1. The van der Waals surface area contributed by atoms with E-state index in [1.165, 1.54) is 75.3 Å². The Bertz CT molecular complexity index is 3590. The van der Waals surface area contributed by atoms with Crippen molar-refractivity contribution >= 4 is 65.1 Å². The minimum absolute atomic E-state index is 0.310. The van der Waals surface area contributed by atoms with Gasteiger partial charge in [0.05, 0.1) is 34.3 Å². The SMILES string of the molecule is CN(c1cc2c(-c3ccccc3)ncnc2n1Cc1ccccc1)S(=O)(=O)c1ccccc1[N+](=O)[O-].CN(c1cc2c(-c3ccccc3)ncnc2n1Cc1ccccc1)S(=O)(=O)c1ccccc1[N+](=O)[O-]. The van der Waals surface area contributed by atoms with Gasteiger partial charge in [-0.25, -0.2) is 36.8 Å². The van der Waals surface area contributed by atoms with E-state index in [4.69, 9.17) is 0 Å². The first-order valence-electron chi connectivity index (χ1n) is 22.1. The van der Waals surface area contributed by atoms with Crippen LogP contribution in [0.3, 0.4) is 0 Å². The van der Waals surface area contributed by atoms with Crippen molar-refractivity contribution in [1.82, 2.24) is 29.1 Å². The minimum atomic E-state index is -4.28. The predicted molar refractivity (Wildman–Crippen MR) is 274 cm³/mol. The average Bonchev–Trinajstić information content (AvgIpc) is 3.97. The molecule has 0 atom stereocenters. The molecule has 0 aliphatic carbocycles. The number of hydrogen-bond donors (Lipinski definition) is 0. The van der Waals surface area contributed by atoms with Gasteiger partial charge >= 0.3 is 0 Å². The zero-order valence-corrected chi connectivity index (χ0v) is 40.1. The maximum atomic E-state index is 13.7. The molecule has 0 amide bonds. The maximum Gasteiger partial charge on any atom is 0.289 e. The molecular formula is C52H42N10O8S2. The first-order valence-corrected chi connectivity index (χ1v) is 25.0. The lowest BCUT2D eigenvalue weighted by Gasteiger charge is -2.21. The van der Waals surface area contributed by atoms with E-state index in [9.17, 15) is 37.1 Å². The second kappa shape index (κ2) is 20.1. The smallest absolute Gasteiger partial charge is 0.289 e. The minimum Gasteiger partial charge on any atom is -0.307 e. The van der Waals surface area contributed by atoms with Crippen LogP contribution < -0.4 is 8.61 Å². The Morgan fingerprint density at radius 1 is 0.458 bits per heavy atom. The van der Waals surface area contributed by atoms with Crippen LogP contribution in [0.5, 0.6) is 0 Å². The van der Waals surface area contributed by atoms with Gasteiger partial charge in [-0.2, -0.15) is 0 Å². The molecule has 10 aromatic rings. The molecule has 0 spiro atoms. The van der Waals surface area contributed by atoms with Gasteiger partial charge in [-0.05, 0) is 35.4 Å². The van der Waals surface area contributed by atoms with E-state index in [-0.39, 0.29) is 9.79 Å². The molecule has 72 heavy (non-hydrogen) atoms. The van der Waals surface area contributed by atoms with E-state index in [0.29, 0.717) is 58.2 Å². The number of aromatic nitrogens is 6. The summed E-state index contributed by atoms with van der Waals surface area (Å²) in [7, 11) is -5.80. The quantitative estimate of drug-likeness (QED) is 0.0733. The summed E-state index contributed by atoms with van der Waals surface area (Å²) in [4.78, 5) is 38.9. The molecule has 10 rings (SSSR count). The maximum absolute atomic E-state index is 13.7. The molecule has 0 radical (unpaired) electrons. The van der Waals surface area contributed by atoms with Crippen molar-refractivity contribution < 1.29 is 26.7 Å². The highest BCUT2D eigenvalue weighted by Gasteiger charge is 2.34. The fourth-order valence-electron chi connectivity index (χ4n) is 8.31. The number of nitro benzene ring substituents is 2. The van der Waals surface area contributed by atoms with Gasteiger partial charge in [-0.1, -0.05) is 146 Å². The second-order valence-corrected chi connectivity index (χ2v) is 20.1. The van der Waals surface area contributed by atoms with Gasteiger partial charge in [0.15, 0.2) is 9.79 Å². The van der Waals surface area contributed by atoms with Crippen LogP contribution in [0.2, 0.25) is 0 Å². The number of sulfonamides is 2. The van der Waals surface area contributed by atoms with E-state index >= 15 is 0 Å². The van der Waals surface area contributed by atoms with Gasteiger partial charge in [0, 0.05) is 48.1 Å². The van der Waals surface area contributed by atoms with Crippen LogP contribution >= 0.6 is 0 Å². The fraction of sp³-hybridized carbons (Fsp3) is 0.0769. The molecular weight excluding hydrogens is 957 g/mol. The molecule has 0 aliphatic rings. The fourth-order valence-corrected chi connectivity index (χ4v) is 11.0. The molecule has 0 saturated carbocycles. The number of rotatable bonds is 14. The van der Waals surface area contributed by atoms with Crippen molar-refractivity contribution in [2.45, 2.75) is 22.9 Å². The van der Waals surface area contributed by atoms with Crippen LogP contribution in [0.1, 0.15) is 11.1 Å². The molecule has 4 aromatic heterocycles. The van der Waals surface area contributed by atoms with E-state index in [1.54, 1.807) is 21.3 Å². The topological polar surface area (TPSA) is 222 Å². The molecule has 0 aliphatic heterocycles. The molecule has 0 N–H and O–H groups in total. The van der Waals surface area contributed by atoms with Crippen LogP contribution in [0.25, 0.3) is 44.6 Å². The van der Waals surface area contributed by atoms with Crippen molar-refractivity contribution in [2.24, 2.45) is 0 Å². The second-order valence-electron chi connectivity index (χ2n) is 16.2. The third-order valence-corrected chi connectivity index (χ3v) is 15.5. The summed E-state index contributed by atoms with van der Waals surface area (Å²) in [6.07, 6.45) is 2.90. The highest BCUT2D eigenvalue weighted by atomic mass is 32.2. The molecule has 6 aromatic carbocycles. The number of anilines is 2. The number of nitro groups is 2.